The zero-order valence-electron chi connectivity index (χ0n) is 17.8. The molecule has 2 aliphatic rings. The van der Waals surface area contributed by atoms with Crippen molar-refractivity contribution in [3.05, 3.63) is 36.2 Å². The lowest BCUT2D eigenvalue weighted by Gasteiger charge is -2.22. The number of aliphatic carboxylic acids is 1. The topological polar surface area (TPSA) is 121 Å². The van der Waals surface area contributed by atoms with Crippen LogP contribution in [0.25, 0.3) is 21.5 Å². The highest BCUT2D eigenvalue weighted by molar-refractivity contribution is 7.91. The Morgan fingerprint density at radius 2 is 1.85 bits per heavy atom. The second-order valence-corrected chi connectivity index (χ2v) is 11.1. The number of ether oxygens (including phenoxy) is 1. The molecule has 0 unspecified atom stereocenters. The van der Waals surface area contributed by atoms with Gasteiger partial charge in [0.25, 0.3) is 0 Å². The van der Waals surface area contributed by atoms with E-state index in [4.69, 9.17) is 14.6 Å². The third kappa shape index (κ3) is 5.77. The van der Waals surface area contributed by atoms with E-state index in [1.54, 1.807) is 12.3 Å². The minimum atomic E-state index is -5.08. The number of nitrogens with zero attached hydrogens (tertiary/aromatic N) is 1. The second kappa shape index (κ2) is 9.64. The lowest BCUT2D eigenvalue weighted by molar-refractivity contribution is -0.192. The van der Waals surface area contributed by atoms with Gasteiger partial charge in [-0.05, 0) is 55.9 Å². The van der Waals surface area contributed by atoms with Crippen LogP contribution >= 0.6 is 11.3 Å². The highest BCUT2D eigenvalue weighted by Gasteiger charge is 2.38. The van der Waals surface area contributed by atoms with Crippen LogP contribution in [0.3, 0.4) is 0 Å². The van der Waals surface area contributed by atoms with Crippen molar-refractivity contribution in [1.29, 1.82) is 0 Å². The van der Waals surface area contributed by atoms with Gasteiger partial charge in [-0.15, -0.1) is 11.3 Å². The summed E-state index contributed by atoms with van der Waals surface area (Å²) in [5.74, 6) is -2.14. The Morgan fingerprint density at radius 3 is 2.47 bits per heavy atom. The molecule has 4 heterocycles. The van der Waals surface area contributed by atoms with Crippen LogP contribution in [0.5, 0.6) is 0 Å². The van der Waals surface area contributed by atoms with Crippen molar-refractivity contribution in [3.63, 3.8) is 0 Å². The Kier molecular flexibility index (Phi) is 6.99. The first-order valence-corrected chi connectivity index (χ1v) is 12.8. The number of alkyl halides is 3. The molecule has 5 rings (SSSR count). The first-order chi connectivity index (χ1) is 16.0. The number of rotatable bonds is 5. The van der Waals surface area contributed by atoms with Gasteiger partial charge >= 0.3 is 12.1 Å². The van der Waals surface area contributed by atoms with Gasteiger partial charge in [0.05, 0.1) is 0 Å². The van der Waals surface area contributed by atoms with Gasteiger partial charge in [0.2, 0.25) is 10.0 Å². The van der Waals surface area contributed by atoms with Gasteiger partial charge in [-0.2, -0.15) is 13.2 Å². The normalized spacial score (nSPS) is 17.4. The molecule has 3 N–H and O–H groups in total. The molecule has 8 nitrogen and oxygen atoms in total. The molecule has 3 aromatic rings. The number of hydrogen-bond donors (Lipinski definition) is 3. The fourth-order valence-electron chi connectivity index (χ4n) is 3.58. The van der Waals surface area contributed by atoms with Crippen LogP contribution in [-0.4, -0.2) is 54.9 Å². The summed E-state index contributed by atoms with van der Waals surface area (Å²) in [4.78, 5) is 17.7. The molecule has 0 bridgehead atoms. The van der Waals surface area contributed by atoms with E-state index in [2.05, 4.69) is 20.8 Å². The number of aromatic nitrogens is 2. The van der Waals surface area contributed by atoms with Crippen molar-refractivity contribution >= 4 is 38.4 Å². The predicted molar refractivity (Wildman–Crippen MR) is 119 cm³/mol. The molecular weight excluding hydrogens is 495 g/mol. The number of thiophene rings is 1. The first kappa shape index (κ1) is 24.6. The smallest absolute Gasteiger partial charge is 0.475 e. The molecule has 3 aromatic heterocycles. The van der Waals surface area contributed by atoms with Gasteiger partial charge in [-0.1, -0.05) is 0 Å². The van der Waals surface area contributed by atoms with Crippen molar-refractivity contribution in [3.8, 4) is 10.4 Å². The van der Waals surface area contributed by atoms with Crippen molar-refractivity contribution in [2.45, 2.75) is 48.0 Å². The number of fused-ring (bicyclic) bond motifs is 1. The van der Waals surface area contributed by atoms with Crippen LogP contribution in [0.2, 0.25) is 0 Å². The van der Waals surface area contributed by atoms with Gasteiger partial charge in [-0.25, -0.2) is 22.9 Å². The summed E-state index contributed by atoms with van der Waals surface area (Å²) in [6.45, 7) is 1.21. The summed E-state index contributed by atoms with van der Waals surface area (Å²) in [7, 11) is -3.51. The average molecular weight is 518 g/mol. The molecule has 34 heavy (non-hydrogen) atoms. The molecule has 0 radical (unpaired) electrons. The van der Waals surface area contributed by atoms with Crippen LogP contribution in [-0.2, 0) is 19.6 Å². The maximum Gasteiger partial charge on any atom is 0.490 e. The van der Waals surface area contributed by atoms with E-state index >= 15 is 0 Å². The lowest BCUT2D eigenvalue weighted by atomic mass is 10.1. The molecule has 184 valence electrons. The number of pyridine rings is 1. The fraction of sp³-hybridized carbons (Fsp3) is 0.429. The van der Waals surface area contributed by atoms with Gasteiger partial charge in [0.1, 0.15) is 9.86 Å². The molecule has 13 heteroatoms. The number of H-pyrrole nitrogens is 1. The number of aromatic amines is 1. The van der Waals surface area contributed by atoms with Crippen molar-refractivity contribution in [1.82, 2.24) is 14.7 Å². The molecule has 1 aliphatic carbocycles. The zero-order valence-corrected chi connectivity index (χ0v) is 19.4. The number of sulfonamides is 1. The van der Waals surface area contributed by atoms with Crippen molar-refractivity contribution in [2.75, 3.05) is 13.2 Å². The first-order valence-electron chi connectivity index (χ1n) is 10.5. The Morgan fingerprint density at radius 1 is 1.18 bits per heavy atom. The van der Waals surface area contributed by atoms with Crippen LogP contribution < -0.4 is 4.72 Å². The van der Waals surface area contributed by atoms with E-state index in [0.717, 1.165) is 34.3 Å². The Labute approximate surface area is 197 Å². The maximum atomic E-state index is 12.8. The summed E-state index contributed by atoms with van der Waals surface area (Å²) in [5, 5.41) is 8.18. The van der Waals surface area contributed by atoms with E-state index in [0.29, 0.717) is 23.3 Å². The Balaban J connectivity index is 0.000000344. The fourth-order valence-corrected chi connectivity index (χ4v) is 6.25. The van der Waals surface area contributed by atoms with E-state index in [1.807, 2.05) is 12.1 Å². The Hall–Kier alpha value is -2.48. The number of carbonyl (C=O) groups is 1. The van der Waals surface area contributed by atoms with Crippen molar-refractivity contribution in [2.24, 2.45) is 0 Å². The minimum absolute atomic E-state index is 0.0484. The van der Waals surface area contributed by atoms with Gasteiger partial charge in [-0.3, -0.25) is 0 Å². The molecular formula is C21H22F3N3O5S2. The quantitative estimate of drug-likeness (QED) is 0.465. The van der Waals surface area contributed by atoms with Gasteiger partial charge in [0.15, 0.2) is 0 Å². The molecule has 1 aliphatic heterocycles. The monoisotopic (exact) mass is 517 g/mol. The third-order valence-corrected chi connectivity index (χ3v) is 8.60. The lowest BCUT2D eigenvalue weighted by Crippen LogP contribution is -2.38. The number of carboxylic acid groups (broad SMARTS) is 1. The summed E-state index contributed by atoms with van der Waals surface area (Å²) in [6, 6.07) is 7.67. The Bertz CT molecular complexity index is 1280. The molecule has 0 amide bonds. The van der Waals surface area contributed by atoms with Crippen LogP contribution in [0, 0.1) is 0 Å². The third-order valence-electron chi connectivity index (χ3n) is 5.47. The van der Waals surface area contributed by atoms with Crippen LogP contribution in [0.1, 0.15) is 37.3 Å². The van der Waals surface area contributed by atoms with E-state index in [9.17, 15) is 21.6 Å². The summed E-state index contributed by atoms with van der Waals surface area (Å²) in [6.07, 6.45) is 0.577. The van der Waals surface area contributed by atoms with Crippen LogP contribution in [0.15, 0.2) is 34.7 Å². The molecule has 0 aromatic carbocycles. The zero-order chi connectivity index (χ0) is 24.5. The van der Waals surface area contributed by atoms with E-state index in [-0.39, 0.29) is 6.04 Å². The van der Waals surface area contributed by atoms with Crippen LogP contribution in [0.4, 0.5) is 13.2 Å². The highest BCUT2D eigenvalue weighted by atomic mass is 32.2. The average Bonchev–Trinajstić information content (AvgIpc) is 3.32. The largest absolute Gasteiger partial charge is 0.490 e. The molecule has 0 atom stereocenters. The standard InChI is InChI=1S/C19H21N3O3S2.C2HF3O2/c23-27(24,22-13-6-9-25-10-7-13)18-4-3-17(26-18)14-5-8-20-19-15(14)11-16(21-19)12-1-2-12;3-2(4,5)1(6)7/h3-5,8,11-13,22H,1-2,6-7,9-10H2,(H,20,21);(H,6,7). The highest BCUT2D eigenvalue weighted by Crippen LogP contribution is 2.42. The van der Waals surface area contributed by atoms with Gasteiger partial charge in [0, 0.05) is 47.0 Å². The van der Waals surface area contributed by atoms with E-state index < -0.39 is 22.2 Å². The predicted octanol–water partition coefficient (Wildman–Crippen LogP) is 4.26. The van der Waals surface area contributed by atoms with E-state index in [1.165, 1.54) is 29.9 Å². The maximum absolute atomic E-state index is 12.8. The SMILES string of the molecule is O=C(O)C(F)(F)F.O=S(=O)(NC1CCOCC1)c1ccc(-c2ccnc3[nH]c(C4CC4)cc23)s1. The number of nitrogens with one attached hydrogen (secondary N) is 2. The molecule has 0 spiro atoms. The summed E-state index contributed by atoms with van der Waals surface area (Å²) < 4.78 is 65.7. The molecule has 2 fully saturated rings. The van der Waals surface area contributed by atoms with Gasteiger partial charge < -0.3 is 14.8 Å². The minimum Gasteiger partial charge on any atom is -0.475 e. The number of halogens is 3. The summed E-state index contributed by atoms with van der Waals surface area (Å²) in [5.41, 5.74) is 3.13. The summed E-state index contributed by atoms with van der Waals surface area (Å²) >= 11 is 1.31. The molecule has 1 saturated heterocycles. The number of hydrogen-bond acceptors (Lipinski definition) is 6. The second-order valence-electron chi connectivity index (χ2n) is 8.05. The molecule has 1 saturated carbocycles. The van der Waals surface area contributed by atoms with Crippen molar-refractivity contribution < 1.29 is 36.2 Å². The number of carboxylic acids is 1.